The Bertz CT molecular complexity index is 970. The number of piperazine rings is 1. The number of nitrogens with zero attached hydrogens (tertiary/aromatic N) is 2. The lowest BCUT2D eigenvalue weighted by Crippen LogP contribution is -2.48. The van der Waals surface area contributed by atoms with E-state index in [4.69, 9.17) is 34.8 Å². The maximum atomic E-state index is 6.56. The fourth-order valence-corrected chi connectivity index (χ4v) is 4.55. The monoisotopic (exact) mass is 444 g/mol. The Morgan fingerprint density at radius 3 is 2.21 bits per heavy atom. The average molecular weight is 446 g/mol. The van der Waals surface area contributed by atoms with Gasteiger partial charge in [-0.1, -0.05) is 76.8 Å². The van der Waals surface area contributed by atoms with Crippen LogP contribution in [0, 0.1) is 6.92 Å². The van der Waals surface area contributed by atoms with Crippen LogP contribution >= 0.6 is 34.8 Å². The van der Waals surface area contributed by atoms with E-state index in [1.807, 2.05) is 30.3 Å². The minimum absolute atomic E-state index is 0.185. The lowest BCUT2D eigenvalue weighted by molar-refractivity contribution is 0.215. The summed E-state index contributed by atoms with van der Waals surface area (Å²) in [4.78, 5) is 4.89. The van der Waals surface area contributed by atoms with Crippen molar-refractivity contribution in [2.24, 2.45) is 0 Å². The number of hydrogen-bond donors (Lipinski definition) is 0. The summed E-state index contributed by atoms with van der Waals surface area (Å²) in [6.07, 6.45) is 0. The van der Waals surface area contributed by atoms with Gasteiger partial charge in [-0.15, -0.1) is 0 Å². The van der Waals surface area contributed by atoms with E-state index in [0.29, 0.717) is 10.0 Å². The maximum absolute atomic E-state index is 6.56. The lowest BCUT2D eigenvalue weighted by Gasteiger charge is -2.43. The fourth-order valence-electron chi connectivity index (χ4n) is 3.91. The number of rotatable bonds is 4. The molecule has 0 saturated carbocycles. The van der Waals surface area contributed by atoms with Crippen LogP contribution in [0.1, 0.15) is 22.7 Å². The molecule has 5 heteroatoms. The van der Waals surface area contributed by atoms with Gasteiger partial charge in [0.05, 0.1) is 16.8 Å². The molecule has 29 heavy (non-hydrogen) atoms. The van der Waals surface area contributed by atoms with Gasteiger partial charge in [0, 0.05) is 36.2 Å². The minimum atomic E-state index is 0.185. The zero-order valence-corrected chi connectivity index (χ0v) is 18.6. The van der Waals surface area contributed by atoms with Crippen molar-refractivity contribution in [2.45, 2.75) is 19.5 Å². The van der Waals surface area contributed by atoms with E-state index in [1.54, 1.807) is 0 Å². The molecule has 1 atom stereocenters. The van der Waals surface area contributed by atoms with Crippen LogP contribution in [0.4, 0.5) is 5.69 Å². The first kappa shape index (κ1) is 20.6. The molecule has 3 aromatic carbocycles. The van der Waals surface area contributed by atoms with Crippen LogP contribution in [0.3, 0.4) is 0 Å². The molecule has 1 saturated heterocycles. The van der Waals surface area contributed by atoms with Crippen LogP contribution in [0.5, 0.6) is 0 Å². The lowest BCUT2D eigenvalue weighted by atomic mass is 10.0. The van der Waals surface area contributed by atoms with Gasteiger partial charge in [0.1, 0.15) is 0 Å². The van der Waals surface area contributed by atoms with E-state index < -0.39 is 0 Å². The second-order valence-electron chi connectivity index (χ2n) is 7.58. The van der Waals surface area contributed by atoms with Crippen molar-refractivity contribution in [2.75, 3.05) is 24.5 Å². The molecule has 0 aromatic heterocycles. The largest absolute Gasteiger partial charge is 0.361 e. The SMILES string of the molecule is Cc1ccc(CN2CCN(c3ccc(Cl)cc3Cl)[C@H](c3ccc(Cl)cc3)C2)cc1. The molecule has 0 spiro atoms. The van der Waals surface area contributed by atoms with Crippen LogP contribution in [0.2, 0.25) is 15.1 Å². The third kappa shape index (κ3) is 4.90. The molecular weight excluding hydrogens is 423 g/mol. The molecule has 0 amide bonds. The minimum Gasteiger partial charge on any atom is -0.361 e. The fraction of sp³-hybridized carbons (Fsp3) is 0.250. The van der Waals surface area contributed by atoms with Gasteiger partial charge in [0.25, 0.3) is 0 Å². The summed E-state index contributed by atoms with van der Waals surface area (Å²) in [6.45, 7) is 5.83. The van der Waals surface area contributed by atoms with E-state index in [9.17, 15) is 0 Å². The molecule has 0 unspecified atom stereocenters. The predicted octanol–water partition coefficient (Wildman–Crippen LogP) is 7.02. The standard InChI is InChI=1S/C24H23Cl3N2/c1-17-2-4-18(5-3-17)15-28-12-13-29(23-11-10-21(26)14-22(23)27)24(16-28)19-6-8-20(25)9-7-19/h2-11,14,24H,12-13,15-16H2,1H3/t24-/m0/s1. The van der Waals surface area contributed by atoms with Gasteiger partial charge >= 0.3 is 0 Å². The van der Waals surface area contributed by atoms with Crippen molar-refractivity contribution < 1.29 is 0 Å². The normalized spacial score (nSPS) is 17.5. The molecule has 0 bridgehead atoms. The van der Waals surface area contributed by atoms with E-state index >= 15 is 0 Å². The summed E-state index contributed by atoms with van der Waals surface area (Å²) >= 11 is 18.8. The summed E-state index contributed by atoms with van der Waals surface area (Å²) in [5.41, 5.74) is 4.87. The van der Waals surface area contributed by atoms with Gasteiger partial charge in [-0.05, 0) is 48.4 Å². The topological polar surface area (TPSA) is 6.48 Å². The van der Waals surface area contributed by atoms with Gasteiger partial charge in [-0.2, -0.15) is 0 Å². The van der Waals surface area contributed by atoms with Crippen molar-refractivity contribution in [3.05, 3.63) is 98.5 Å². The number of hydrogen-bond acceptors (Lipinski definition) is 2. The summed E-state index contributed by atoms with van der Waals surface area (Å²) in [5.74, 6) is 0. The first-order valence-corrected chi connectivity index (χ1v) is 10.9. The summed E-state index contributed by atoms with van der Waals surface area (Å²) < 4.78 is 0. The number of halogens is 3. The molecular formula is C24H23Cl3N2. The highest BCUT2D eigenvalue weighted by Gasteiger charge is 2.29. The summed E-state index contributed by atoms with van der Waals surface area (Å²) in [6, 6.07) is 22.8. The summed E-state index contributed by atoms with van der Waals surface area (Å²) in [7, 11) is 0. The van der Waals surface area contributed by atoms with Crippen LogP contribution < -0.4 is 4.90 Å². The first-order valence-electron chi connectivity index (χ1n) is 9.74. The second-order valence-corrected chi connectivity index (χ2v) is 8.86. The van der Waals surface area contributed by atoms with Crippen molar-refractivity contribution in [3.63, 3.8) is 0 Å². The predicted molar refractivity (Wildman–Crippen MR) is 124 cm³/mol. The van der Waals surface area contributed by atoms with Crippen LogP contribution in [0.25, 0.3) is 0 Å². The first-order chi connectivity index (χ1) is 14.0. The van der Waals surface area contributed by atoms with Gasteiger partial charge in [-0.25, -0.2) is 0 Å². The van der Waals surface area contributed by atoms with Crippen LogP contribution in [-0.2, 0) is 6.54 Å². The van der Waals surface area contributed by atoms with Crippen molar-refractivity contribution in [1.29, 1.82) is 0 Å². The van der Waals surface area contributed by atoms with Crippen molar-refractivity contribution in [3.8, 4) is 0 Å². The second kappa shape index (κ2) is 8.97. The highest BCUT2D eigenvalue weighted by molar-refractivity contribution is 6.36. The van der Waals surface area contributed by atoms with Gasteiger partial charge in [0.2, 0.25) is 0 Å². The number of aryl methyl sites for hydroxylation is 1. The van der Waals surface area contributed by atoms with Crippen molar-refractivity contribution >= 4 is 40.5 Å². The van der Waals surface area contributed by atoms with Crippen molar-refractivity contribution in [1.82, 2.24) is 4.90 Å². The Labute approximate surface area is 187 Å². The van der Waals surface area contributed by atoms with E-state index in [0.717, 1.165) is 36.9 Å². The molecule has 1 heterocycles. The molecule has 0 radical (unpaired) electrons. The van der Waals surface area contributed by atoms with E-state index in [-0.39, 0.29) is 6.04 Å². The molecule has 0 aliphatic carbocycles. The molecule has 1 aliphatic rings. The third-order valence-corrected chi connectivity index (χ3v) is 6.26. The Kier molecular flexibility index (Phi) is 6.36. The zero-order valence-electron chi connectivity index (χ0n) is 16.3. The summed E-state index contributed by atoms with van der Waals surface area (Å²) in [5, 5.41) is 2.08. The zero-order chi connectivity index (χ0) is 20.4. The maximum Gasteiger partial charge on any atom is 0.0670 e. The molecule has 2 nitrogen and oxygen atoms in total. The molecule has 3 aromatic rings. The Morgan fingerprint density at radius 1 is 0.828 bits per heavy atom. The van der Waals surface area contributed by atoms with E-state index in [2.05, 4.69) is 53.1 Å². The molecule has 1 fully saturated rings. The Hall–Kier alpha value is -1.71. The molecule has 4 rings (SSSR count). The highest BCUT2D eigenvalue weighted by atomic mass is 35.5. The van der Waals surface area contributed by atoms with Gasteiger partial charge in [0.15, 0.2) is 0 Å². The average Bonchev–Trinajstić information content (AvgIpc) is 2.71. The van der Waals surface area contributed by atoms with Crippen LogP contribution in [-0.4, -0.2) is 24.5 Å². The third-order valence-electron chi connectivity index (χ3n) is 5.47. The molecule has 0 N–H and O–H groups in total. The van der Waals surface area contributed by atoms with Crippen LogP contribution in [0.15, 0.2) is 66.7 Å². The van der Waals surface area contributed by atoms with E-state index in [1.165, 1.54) is 16.7 Å². The molecule has 150 valence electrons. The quantitative estimate of drug-likeness (QED) is 0.426. The Morgan fingerprint density at radius 2 is 1.52 bits per heavy atom. The van der Waals surface area contributed by atoms with Gasteiger partial charge in [-0.3, -0.25) is 4.90 Å². The highest BCUT2D eigenvalue weighted by Crippen LogP contribution is 2.37. The van der Waals surface area contributed by atoms with Gasteiger partial charge < -0.3 is 4.90 Å². The number of benzene rings is 3. The smallest absolute Gasteiger partial charge is 0.0670 e. The molecule has 1 aliphatic heterocycles. The Balaban J connectivity index is 1.62. The number of anilines is 1.